The highest BCUT2D eigenvalue weighted by Gasteiger charge is 2.13. The molecule has 1 N–H and O–H groups in total. The van der Waals surface area contributed by atoms with E-state index in [-0.39, 0.29) is 5.91 Å². The van der Waals surface area contributed by atoms with E-state index < -0.39 is 0 Å². The van der Waals surface area contributed by atoms with Crippen molar-refractivity contribution >= 4 is 5.91 Å². The van der Waals surface area contributed by atoms with Gasteiger partial charge in [-0.15, -0.1) is 0 Å². The van der Waals surface area contributed by atoms with Crippen LogP contribution in [0.3, 0.4) is 0 Å². The van der Waals surface area contributed by atoms with Gasteiger partial charge in [0.05, 0.1) is 6.61 Å². The largest absolute Gasteiger partial charge is 0.493 e. The van der Waals surface area contributed by atoms with Crippen molar-refractivity contribution in [1.82, 2.24) is 5.32 Å². The Kier molecular flexibility index (Phi) is 5.21. The molecule has 0 radical (unpaired) electrons. The molecule has 22 heavy (non-hydrogen) atoms. The molecule has 0 saturated carbocycles. The van der Waals surface area contributed by atoms with E-state index >= 15 is 0 Å². The number of hydrogen-bond acceptors (Lipinski definition) is 2. The van der Waals surface area contributed by atoms with Gasteiger partial charge in [0.1, 0.15) is 5.75 Å². The fourth-order valence-corrected chi connectivity index (χ4v) is 2.28. The lowest BCUT2D eigenvalue weighted by molar-refractivity contribution is 0.0962. The number of nitrogens with one attached hydrogen (secondary N) is 1. The molecule has 2 aromatic rings. The standard InChI is InChI=1S/C19H23NO2/c1-13(2)12-22-18-11-15(19(21)20-4)9-10-17(18)16-8-6-5-7-14(16)3/h5-11,13H,12H2,1-4H3,(H,20,21). The molecule has 2 aromatic carbocycles. The first-order chi connectivity index (χ1) is 10.5. The van der Waals surface area contributed by atoms with Gasteiger partial charge in [-0.1, -0.05) is 38.1 Å². The summed E-state index contributed by atoms with van der Waals surface area (Å²) >= 11 is 0. The zero-order valence-electron chi connectivity index (χ0n) is 13.6. The maximum absolute atomic E-state index is 11.9. The van der Waals surface area contributed by atoms with Crippen LogP contribution in [-0.4, -0.2) is 19.6 Å². The average molecular weight is 297 g/mol. The van der Waals surface area contributed by atoms with Gasteiger partial charge in [0.2, 0.25) is 0 Å². The number of rotatable bonds is 5. The Morgan fingerprint density at radius 2 is 1.86 bits per heavy atom. The minimum absolute atomic E-state index is 0.106. The summed E-state index contributed by atoms with van der Waals surface area (Å²) in [7, 11) is 1.63. The number of carbonyl (C=O) groups is 1. The molecule has 0 bridgehead atoms. The molecule has 0 aliphatic carbocycles. The number of benzene rings is 2. The van der Waals surface area contributed by atoms with Crippen molar-refractivity contribution in [3.63, 3.8) is 0 Å². The summed E-state index contributed by atoms with van der Waals surface area (Å²) in [4.78, 5) is 11.9. The van der Waals surface area contributed by atoms with Crippen molar-refractivity contribution in [3.05, 3.63) is 53.6 Å². The SMILES string of the molecule is CNC(=O)c1ccc(-c2ccccc2C)c(OCC(C)C)c1. The van der Waals surface area contributed by atoms with E-state index in [1.165, 1.54) is 5.56 Å². The summed E-state index contributed by atoms with van der Waals surface area (Å²) in [6.07, 6.45) is 0. The molecule has 0 fully saturated rings. The second-order valence-corrected chi connectivity index (χ2v) is 5.81. The summed E-state index contributed by atoms with van der Waals surface area (Å²) in [5.41, 5.74) is 3.94. The van der Waals surface area contributed by atoms with Gasteiger partial charge in [-0.2, -0.15) is 0 Å². The average Bonchev–Trinajstić information content (AvgIpc) is 2.52. The van der Waals surface area contributed by atoms with Crippen LogP contribution in [0.25, 0.3) is 11.1 Å². The molecule has 1 amide bonds. The molecule has 0 aromatic heterocycles. The van der Waals surface area contributed by atoms with E-state index in [2.05, 4.69) is 38.2 Å². The molecule has 2 rings (SSSR count). The Hall–Kier alpha value is -2.29. The van der Waals surface area contributed by atoms with Crippen molar-refractivity contribution < 1.29 is 9.53 Å². The quantitative estimate of drug-likeness (QED) is 0.904. The van der Waals surface area contributed by atoms with Gasteiger partial charge in [0.15, 0.2) is 0 Å². The van der Waals surface area contributed by atoms with E-state index in [4.69, 9.17) is 4.74 Å². The third kappa shape index (κ3) is 3.67. The molecule has 0 heterocycles. The van der Waals surface area contributed by atoms with Crippen LogP contribution in [0.2, 0.25) is 0 Å². The minimum Gasteiger partial charge on any atom is -0.493 e. The normalized spacial score (nSPS) is 10.6. The fraction of sp³-hybridized carbons (Fsp3) is 0.316. The Morgan fingerprint density at radius 1 is 1.14 bits per heavy atom. The third-order valence-corrected chi connectivity index (χ3v) is 3.48. The second kappa shape index (κ2) is 7.12. The van der Waals surface area contributed by atoms with E-state index in [1.54, 1.807) is 7.05 Å². The lowest BCUT2D eigenvalue weighted by atomic mass is 9.98. The number of aryl methyl sites for hydroxylation is 1. The molecule has 0 spiro atoms. The summed E-state index contributed by atoms with van der Waals surface area (Å²) in [6.45, 7) is 6.91. The fourth-order valence-electron chi connectivity index (χ4n) is 2.28. The molecular weight excluding hydrogens is 274 g/mol. The van der Waals surface area contributed by atoms with Gasteiger partial charge in [-0.3, -0.25) is 4.79 Å². The van der Waals surface area contributed by atoms with Crippen LogP contribution < -0.4 is 10.1 Å². The van der Waals surface area contributed by atoms with E-state index in [0.29, 0.717) is 18.1 Å². The molecule has 0 saturated heterocycles. The van der Waals surface area contributed by atoms with Crippen molar-refractivity contribution in [2.24, 2.45) is 5.92 Å². The monoisotopic (exact) mass is 297 g/mol. The lowest BCUT2D eigenvalue weighted by Crippen LogP contribution is -2.18. The van der Waals surface area contributed by atoms with E-state index in [0.717, 1.165) is 16.9 Å². The lowest BCUT2D eigenvalue weighted by Gasteiger charge is -2.16. The number of ether oxygens (including phenoxy) is 1. The van der Waals surface area contributed by atoms with Crippen LogP contribution >= 0.6 is 0 Å². The predicted octanol–water partition coefficient (Wildman–Crippen LogP) is 4.06. The van der Waals surface area contributed by atoms with Gasteiger partial charge >= 0.3 is 0 Å². The zero-order valence-corrected chi connectivity index (χ0v) is 13.6. The second-order valence-electron chi connectivity index (χ2n) is 5.81. The number of amides is 1. The van der Waals surface area contributed by atoms with Crippen LogP contribution in [0.4, 0.5) is 0 Å². The van der Waals surface area contributed by atoms with Crippen molar-refractivity contribution in [1.29, 1.82) is 0 Å². The third-order valence-electron chi connectivity index (χ3n) is 3.48. The topological polar surface area (TPSA) is 38.3 Å². The molecule has 0 aliphatic rings. The Bertz CT molecular complexity index is 662. The van der Waals surface area contributed by atoms with Crippen LogP contribution in [0.15, 0.2) is 42.5 Å². The van der Waals surface area contributed by atoms with Crippen LogP contribution in [0.5, 0.6) is 5.75 Å². The first-order valence-corrected chi connectivity index (χ1v) is 7.58. The van der Waals surface area contributed by atoms with Crippen LogP contribution in [0, 0.1) is 12.8 Å². The summed E-state index contributed by atoms with van der Waals surface area (Å²) in [5, 5.41) is 2.65. The Balaban J connectivity index is 2.48. The van der Waals surface area contributed by atoms with Gasteiger partial charge in [0.25, 0.3) is 5.91 Å². The summed E-state index contributed by atoms with van der Waals surface area (Å²) < 4.78 is 5.96. The smallest absolute Gasteiger partial charge is 0.251 e. The van der Waals surface area contributed by atoms with Gasteiger partial charge < -0.3 is 10.1 Å². The van der Waals surface area contributed by atoms with Gasteiger partial charge in [-0.05, 0) is 42.2 Å². The van der Waals surface area contributed by atoms with E-state index in [1.807, 2.05) is 30.3 Å². The first-order valence-electron chi connectivity index (χ1n) is 7.58. The van der Waals surface area contributed by atoms with Gasteiger partial charge in [-0.25, -0.2) is 0 Å². The Labute approximate surface area is 132 Å². The zero-order chi connectivity index (χ0) is 16.1. The maximum atomic E-state index is 11.9. The van der Waals surface area contributed by atoms with E-state index in [9.17, 15) is 4.79 Å². The summed E-state index contributed by atoms with van der Waals surface area (Å²) in [6, 6.07) is 13.8. The molecule has 0 unspecified atom stereocenters. The van der Waals surface area contributed by atoms with Crippen LogP contribution in [-0.2, 0) is 0 Å². The Morgan fingerprint density at radius 3 is 2.50 bits per heavy atom. The number of hydrogen-bond donors (Lipinski definition) is 1. The van der Waals surface area contributed by atoms with Crippen molar-refractivity contribution in [2.45, 2.75) is 20.8 Å². The first kappa shape index (κ1) is 16.1. The van der Waals surface area contributed by atoms with Crippen molar-refractivity contribution in [3.8, 4) is 16.9 Å². The molecule has 0 atom stereocenters. The van der Waals surface area contributed by atoms with Crippen LogP contribution in [0.1, 0.15) is 29.8 Å². The minimum atomic E-state index is -0.106. The maximum Gasteiger partial charge on any atom is 0.251 e. The van der Waals surface area contributed by atoms with Crippen molar-refractivity contribution in [2.75, 3.05) is 13.7 Å². The molecule has 3 nitrogen and oxygen atoms in total. The number of carbonyl (C=O) groups excluding carboxylic acids is 1. The predicted molar refractivity (Wildman–Crippen MR) is 90.3 cm³/mol. The highest BCUT2D eigenvalue weighted by atomic mass is 16.5. The van der Waals surface area contributed by atoms with Gasteiger partial charge in [0, 0.05) is 18.2 Å². The highest BCUT2D eigenvalue weighted by molar-refractivity contribution is 5.95. The molecule has 0 aliphatic heterocycles. The molecular formula is C19H23NO2. The highest BCUT2D eigenvalue weighted by Crippen LogP contribution is 2.33. The molecule has 116 valence electrons. The molecule has 3 heteroatoms. The summed E-state index contributed by atoms with van der Waals surface area (Å²) in [5.74, 6) is 1.07.